The Kier molecular flexibility index (Phi) is 6.49. The maximum atomic E-state index is 12.3. The number of benzene rings is 1. The molecule has 1 amide bonds. The molecular weight excluding hydrogens is 310 g/mol. The summed E-state index contributed by atoms with van der Waals surface area (Å²) in [5.74, 6) is 1.15. The van der Waals surface area contributed by atoms with Crippen LogP contribution in [-0.4, -0.2) is 29.9 Å². The van der Waals surface area contributed by atoms with Gasteiger partial charge in [-0.05, 0) is 62.2 Å². The van der Waals surface area contributed by atoms with Crippen LogP contribution in [0.4, 0.5) is 0 Å². The maximum absolute atomic E-state index is 12.3. The van der Waals surface area contributed by atoms with E-state index in [0.29, 0.717) is 6.54 Å². The number of hydrogen-bond acceptors (Lipinski definition) is 3. The zero-order chi connectivity index (χ0) is 17.6. The van der Waals surface area contributed by atoms with Gasteiger partial charge >= 0.3 is 0 Å². The van der Waals surface area contributed by atoms with E-state index in [2.05, 4.69) is 41.4 Å². The van der Waals surface area contributed by atoms with Gasteiger partial charge in [-0.25, -0.2) is 0 Å². The third-order valence-electron chi connectivity index (χ3n) is 5.86. The fourth-order valence-electron chi connectivity index (χ4n) is 4.04. The van der Waals surface area contributed by atoms with Crippen molar-refractivity contribution < 1.29 is 4.79 Å². The van der Waals surface area contributed by atoms with Gasteiger partial charge in [0.05, 0.1) is 0 Å². The molecule has 4 heteroatoms. The number of nitrogens with one attached hydrogen (secondary N) is 1. The van der Waals surface area contributed by atoms with Crippen LogP contribution in [0.1, 0.15) is 56.6 Å². The van der Waals surface area contributed by atoms with E-state index < -0.39 is 0 Å². The monoisotopic (exact) mass is 343 g/mol. The summed E-state index contributed by atoms with van der Waals surface area (Å²) >= 11 is 0. The summed E-state index contributed by atoms with van der Waals surface area (Å²) in [4.78, 5) is 14.8. The van der Waals surface area contributed by atoms with Crippen LogP contribution in [0, 0.1) is 11.8 Å². The van der Waals surface area contributed by atoms with Crippen LogP contribution in [0.15, 0.2) is 24.3 Å². The first kappa shape index (κ1) is 18.4. The molecule has 3 rings (SSSR count). The van der Waals surface area contributed by atoms with E-state index in [1.54, 1.807) is 0 Å². The Balaban J connectivity index is 1.43. The van der Waals surface area contributed by atoms with E-state index in [9.17, 15) is 4.79 Å². The largest absolute Gasteiger partial charge is 0.352 e. The minimum absolute atomic E-state index is 0.101. The molecule has 2 atom stereocenters. The molecule has 1 saturated carbocycles. The van der Waals surface area contributed by atoms with Crippen molar-refractivity contribution in [2.45, 2.75) is 64.6 Å². The lowest BCUT2D eigenvalue weighted by Gasteiger charge is -2.30. The quantitative estimate of drug-likeness (QED) is 0.864. The summed E-state index contributed by atoms with van der Waals surface area (Å²) in [5, 5.41) is 3.09. The van der Waals surface area contributed by atoms with Crippen molar-refractivity contribution in [2.75, 3.05) is 13.1 Å². The summed E-state index contributed by atoms with van der Waals surface area (Å²) in [6.45, 7) is 6.43. The van der Waals surface area contributed by atoms with Gasteiger partial charge in [-0.15, -0.1) is 0 Å². The lowest BCUT2D eigenvalue weighted by molar-refractivity contribution is -0.126. The molecule has 138 valence electrons. The van der Waals surface area contributed by atoms with E-state index >= 15 is 0 Å². The molecule has 2 aliphatic rings. The van der Waals surface area contributed by atoms with Gasteiger partial charge in [-0.2, -0.15) is 0 Å². The molecule has 1 heterocycles. The third-order valence-corrected chi connectivity index (χ3v) is 5.86. The van der Waals surface area contributed by atoms with E-state index in [1.807, 2.05) is 0 Å². The number of hydrogen-bond donors (Lipinski definition) is 2. The average molecular weight is 344 g/mol. The summed E-state index contributed by atoms with van der Waals surface area (Å²) in [5.41, 5.74) is 8.52. The van der Waals surface area contributed by atoms with E-state index in [4.69, 9.17) is 5.73 Å². The van der Waals surface area contributed by atoms with Crippen LogP contribution in [0.3, 0.4) is 0 Å². The average Bonchev–Trinajstić information content (AvgIpc) is 2.63. The number of nitrogens with zero attached hydrogens (tertiary/aromatic N) is 1. The maximum Gasteiger partial charge on any atom is 0.223 e. The highest BCUT2D eigenvalue weighted by atomic mass is 16.1. The first-order chi connectivity index (χ1) is 12.1. The number of carbonyl (C=O) groups excluding carboxylic acids is 1. The fourth-order valence-corrected chi connectivity index (χ4v) is 4.04. The molecule has 1 aliphatic carbocycles. The normalized spacial score (nSPS) is 25.7. The molecule has 2 fully saturated rings. The van der Waals surface area contributed by atoms with Crippen molar-refractivity contribution in [3.05, 3.63) is 35.4 Å². The number of rotatable bonds is 5. The fraction of sp³-hybridized carbons (Fsp3) is 0.667. The summed E-state index contributed by atoms with van der Waals surface area (Å²) < 4.78 is 0. The molecule has 1 aromatic rings. The lowest BCUT2D eigenvalue weighted by Crippen LogP contribution is -2.37. The third kappa shape index (κ3) is 5.55. The van der Waals surface area contributed by atoms with Crippen LogP contribution in [0.5, 0.6) is 0 Å². The first-order valence-electron chi connectivity index (χ1n) is 9.93. The highest BCUT2D eigenvalue weighted by Crippen LogP contribution is 2.23. The second-order valence-electron chi connectivity index (χ2n) is 8.12. The van der Waals surface area contributed by atoms with Gasteiger partial charge in [0, 0.05) is 25.0 Å². The second-order valence-corrected chi connectivity index (χ2v) is 8.12. The number of carbonyl (C=O) groups is 1. The van der Waals surface area contributed by atoms with Crippen LogP contribution >= 0.6 is 0 Å². The summed E-state index contributed by atoms with van der Waals surface area (Å²) in [7, 11) is 0. The molecular formula is C21H33N3O. The van der Waals surface area contributed by atoms with Crippen molar-refractivity contribution in [1.29, 1.82) is 0 Å². The number of nitrogens with two attached hydrogens (primary N) is 1. The van der Waals surface area contributed by atoms with Crippen molar-refractivity contribution >= 4 is 5.91 Å². The van der Waals surface area contributed by atoms with Crippen molar-refractivity contribution in [3.8, 4) is 0 Å². The molecule has 0 spiro atoms. The van der Waals surface area contributed by atoms with Gasteiger partial charge in [0.15, 0.2) is 0 Å². The zero-order valence-corrected chi connectivity index (χ0v) is 15.5. The second kappa shape index (κ2) is 8.81. The number of likely N-dealkylation sites (tertiary alicyclic amines) is 1. The molecule has 4 nitrogen and oxygen atoms in total. The lowest BCUT2D eigenvalue weighted by atomic mass is 9.85. The van der Waals surface area contributed by atoms with Crippen LogP contribution in [0.2, 0.25) is 0 Å². The summed E-state index contributed by atoms with van der Waals surface area (Å²) in [6, 6.07) is 8.90. The predicted octanol–water partition coefficient (Wildman–Crippen LogP) is 3.05. The Morgan fingerprint density at radius 1 is 1.12 bits per heavy atom. The molecule has 0 bridgehead atoms. The number of amides is 1. The molecule has 3 N–H and O–H groups in total. The molecule has 0 aromatic heterocycles. The van der Waals surface area contributed by atoms with Gasteiger partial charge in [0.25, 0.3) is 0 Å². The van der Waals surface area contributed by atoms with E-state index in [-0.39, 0.29) is 17.9 Å². The molecule has 0 radical (unpaired) electrons. The number of piperidine rings is 1. The Morgan fingerprint density at radius 3 is 2.48 bits per heavy atom. The SMILES string of the molecule is CC1CCN(Cc2ccc(CNC(=O)C3CCCC(N)C3)cc2)CC1. The van der Waals surface area contributed by atoms with Gasteiger partial charge in [-0.1, -0.05) is 37.6 Å². The predicted molar refractivity (Wildman–Crippen MR) is 102 cm³/mol. The Hall–Kier alpha value is -1.39. The van der Waals surface area contributed by atoms with Crippen LogP contribution in [-0.2, 0) is 17.9 Å². The Labute approximate surface area is 152 Å². The van der Waals surface area contributed by atoms with Gasteiger partial charge in [0.2, 0.25) is 5.91 Å². The summed E-state index contributed by atoms with van der Waals surface area (Å²) in [6.07, 6.45) is 6.57. The van der Waals surface area contributed by atoms with E-state index in [0.717, 1.165) is 38.1 Å². The molecule has 1 aliphatic heterocycles. The first-order valence-corrected chi connectivity index (χ1v) is 9.93. The molecule has 1 saturated heterocycles. The molecule has 1 aromatic carbocycles. The topological polar surface area (TPSA) is 58.4 Å². The van der Waals surface area contributed by atoms with Gasteiger partial charge in [0.1, 0.15) is 0 Å². The van der Waals surface area contributed by atoms with Gasteiger partial charge in [-0.3, -0.25) is 9.69 Å². The molecule has 25 heavy (non-hydrogen) atoms. The minimum Gasteiger partial charge on any atom is -0.352 e. The van der Waals surface area contributed by atoms with Crippen molar-refractivity contribution in [2.24, 2.45) is 17.6 Å². The Bertz CT molecular complexity index is 549. The standard InChI is InChI=1S/C21H33N3O/c1-16-9-11-24(12-10-16)15-18-7-5-17(6-8-18)14-23-21(25)19-3-2-4-20(22)13-19/h5-8,16,19-20H,2-4,9-15,22H2,1H3,(H,23,25). The van der Waals surface area contributed by atoms with E-state index in [1.165, 1.54) is 37.1 Å². The van der Waals surface area contributed by atoms with Crippen molar-refractivity contribution in [1.82, 2.24) is 10.2 Å². The smallest absolute Gasteiger partial charge is 0.223 e. The zero-order valence-electron chi connectivity index (χ0n) is 15.5. The van der Waals surface area contributed by atoms with Crippen LogP contribution in [0.25, 0.3) is 0 Å². The highest BCUT2D eigenvalue weighted by Gasteiger charge is 2.25. The Morgan fingerprint density at radius 2 is 1.80 bits per heavy atom. The highest BCUT2D eigenvalue weighted by molar-refractivity contribution is 5.78. The minimum atomic E-state index is 0.101. The van der Waals surface area contributed by atoms with Gasteiger partial charge < -0.3 is 11.1 Å². The van der Waals surface area contributed by atoms with Crippen LogP contribution < -0.4 is 11.1 Å². The van der Waals surface area contributed by atoms with Crippen molar-refractivity contribution in [3.63, 3.8) is 0 Å². The molecule has 2 unspecified atom stereocenters.